The van der Waals surface area contributed by atoms with Gasteiger partial charge in [0, 0.05) is 50.9 Å². The first kappa shape index (κ1) is 31.2. The van der Waals surface area contributed by atoms with Crippen molar-refractivity contribution < 1.29 is 0 Å². The first-order valence-corrected chi connectivity index (χ1v) is 15.1. The number of anilines is 1. The van der Waals surface area contributed by atoms with Gasteiger partial charge in [-0.05, 0) is 72.9 Å². The number of nitrogens with zero attached hydrogens (tertiary/aromatic N) is 1. The fourth-order valence-corrected chi connectivity index (χ4v) is 5.72. The third kappa shape index (κ3) is 7.58. The van der Waals surface area contributed by atoms with Crippen molar-refractivity contribution in [3.63, 3.8) is 0 Å². The predicted octanol–water partition coefficient (Wildman–Crippen LogP) is 9.38. The van der Waals surface area contributed by atoms with E-state index in [-0.39, 0.29) is 0 Å². The molecule has 0 spiro atoms. The maximum Gasteiger partial charge on any atom is 0.138 e. The van der Waals surface area contributed by atoms with Crippen LogP contribution in [0.2, 0.25) is 0 Å². The van der Waals surface area contributed by atoms with Crippen LogP contribution in [0.1, 0.15) is 57.5 Å². The number of hydrogen-bond acceptors (Lipinski definition) is 4. The number of aryl methyl sites for hydroxylation is 1. The summed E-state index contributed by atoms with van der Waals surface area (Å²) >= 11 is 1.69. The first-order chi connectivity index (χ1) is 20.7. The molecule has 0 aliphatic heterocycles. The molecule has 218 valence electrons. The second-order valence-electron chi connectivity index (χ2n) is 10.4. The SMILES string of the molecule is C=C/C=C(/c1ccc(C(=C)C)s1)c1nc(C(=C)c2cc(C(/C=C(\C=C)CNCc3ccccc3)=C/C)ccc2N)[nH]c1C. The number of rotatable bonds is 13. The van der Waals surface area contributed by atoms with E-state index in [0.717, 1.165) is 66.7 Å². The Bertz CT molecular complexity index is 1740. The summed E-state index contributed by atoms with van der Waals surface area (Å²) in [5, 5.41) is 3.51. The molecule has 4 N–H and O–H groups in total. The van der Waals surface area contributed by atoms with E-state index in [2.05, 4.69) is 91.2 Å². The third-order valence-electron chi connectivity index (χ3n) is 7.13. The fourth-order valence-electron chi connectivity index (χ4n) is 4.76. The molecule has 0 aliphatic rings. The number of nitrogen functional groups attached to an aromatic ring is 1. The largest absolute Gasteiger partial charge is 0.398 e. The van der Waals surface area contributed by atoms with Gasteiger partial charge in [-0.15, -0.1) is 11.3 Å². The van der Waals surface area contributed by atoms with E-state index in [1.54, 1.807) is 17.4 Å². The van der Waals surface area contributed by atoms with Crippen LogP contribution < -0.4 is 11.1 Å². The van der Waals surface area contributed by atoms with Gasteiger partial charge in [0.15, 0.2) is 0 Å². The van der Waals surface area contributed by atoms with E-state index >= 15 is 0 Å². The molecule has 0 atom stereocenters. The highest BCUT2D eigenvalue weighted by atomic mass is 32.1. The number of benzene rings is 2. The van der Waals surface area contributed by atoms with Crippen LogP contribution >= 0.6 is 11.3 Å². The Balaban J connectivity index is 1.60. The van der Waals surface area contributed by atoms with E-state index in [1.807, 2.05) is 51.1 Å². The molecule has 0 unspecified atom stereocenters. The second kappa shape index (κ2) is 14.5. The number of allylic oxidation sites excluding steroid dienone is 6. The molecular formula is C38H40N4S. The number of H-pyrrole nitrogens is 1. The maximum absolute atomic E-state index is 6.50. The zero-order chi connectivity index (χ0) is 30.9. The van der Waals surface area contributed by atoms with Crippen LogP contribution in [-0.2, 0) is 6.54 Å². The smallest absolute Gasteiger partial charge is 0.138 e. The first-order valence-electron chi connectivity index (χ1n) is 14.2. The lowest BCUT2D eigenvalue weighted by Crippen LogP contribution is -2.15. The Hall–Kier alpha value is -4.71. The quantitative estimate of drug-likeness (QED) is 0.108. The zero-order valence-electron chi connectivity index (χ0n) is 25.3. The van der Waals surface area contributed by atoms with Gasteiger partial charge in [-0.2, -0.15) is 0 Å². The van der Waals surface area contributed by atoms with Gasteiger partial charge in [-0.25, -0.2) is 4.98 Å². The van der Waals surface area contributed by atoms with Crippen molar-refractivity contribution in [3.05, 3.63) is 167 Å². The lowest BCUT2D eigenvalue weighted by Gasteiger charge is -2.12. The molecule has 0 bridgehead atoms. The monoisotopic (exact) mass is 584 g/mol. The van der Waals surface area contributed by atoms with E-state index in [1.165, 1.54) is 5.56 Å². The maximum atomic E-state index is 6.50. The average Bonchev–Trinajstić information content (AvgIpc) is 3.66. The summed E-state index contributed by atoms with van der Waals surface area (Å²) in [5.41, 5.74) is 17.0. The van der Waals surface area contributed by atoms with Crippen molar-refractivity contribution in [2.24, 2.45) is 0 Å². The van der Waals surface area contributed by atoms with Crippen LogP contribution in [0.5, 0.6) is 0 Å². The lowest BCUT2D eigenvalue weighted by molar-refractivity contribution is 0.747. The Kier molecular flexibility index (Phi) is 10.5. The highest BCUT2D eigenvalue weighted by Crippen LogP contribution is 2.35. The number of nitrogens with one attached hydrogen (secondary N) is 2. The summed E-state index contributed by atoms with van der Waals surface area (Å²) in [6.45, 7) is 24.0. The van der Waals surface area contributed by atoms with Crippen molar-refractivity contribution >= 4 is 39.3 Å². The second-order valence-corrected chi connectivity index (χ2v) is 11.4. The molecule has 0 aliphatic carbocycles. The molecule has 4 rings (SSSR count). The molecular weight excluding hydrogens is 545 g/mol. The number of aromatic amines is 1. The molecule has 0 amide bonds. The minimum absolute atomic E-state index is 0.642. The number of thiophene rings is 1. The van der Waals surface area contributed by atoms with E-state index < -0.39 is 0 Å². The van der Waals surface area contributed by atoms with Crippen molar-refractivity contribution in [2.45, 2.75) is 27.3 Å². The number of imidazole rings is 1. The average molecular weight is 585 g/mol. The Morgan fingerprint density at radius 1 is 1.05 bits per heavy atom. The number of nitrogens with two attached hydrogens (primary N) is 1. The van der Waals surface area contributed by atoms with Crippen LogP contribution in [0.15, 0.2) is 123 Å². The van der Waals surface area contributed by atoms with E-state index in [4.69, 9.17) is 10.7 Å². The van der Waals surface area contributed by atoms with Gasteiger partial charge in [0.05, 0.1) is 5.69 Å². The van der Waals surface area contributed by atoms with Crippen LogP contribution in [0.25, 0.3) is 22.3 Å². The third-order valence-corrected chi connectivity index (χ3v) is 8.41. The van der Waals surface area contributed by atoms with Crippen LogP contribution in [0, 0.1) is 6.92 Å². The molecule has 2 aromatic heterocycles. The summed E-state index contributed by atoms with van der Waals surface area (Å²) in [5.74, 6) is 0.678. The molecule has 0 radical (unpaired) electrons. The summed E-state index contributed by atoms with van der Waals surface area (Å²) in [6, 6.07) is 20.6. The van der Waals surface area contributed by atoms with Gasteiger partial charge in [0.1, 0.15) is 5.82 Å². The number of hydrogen-bond donors (Lipinski definition) is 3. The molecule has 0 saturated carbocycles. The molecule has 0 fully saturated rings. The van der Waals surface area contributed by atoms with Gasteiger partial charge in [-0.1, -0.05) is 93.1 Å². The molecule has 0 saturated heterocycles. The predicted molar refractivity (Wildman–Crippen MR) is 189 cm³/mol. The van der Waals surface area contributed by atoms with Gasteiger partial charge in [0.25, 0.3) is 0 Å². The summed E-state index contributed by atoms with van der Waals surface area (Å²) in [7, 11) is 0. The van der Waals surface area contributed by atoms with Gasteiger partial charge in [-0.3, -0.25) is 0 Å². The normalized spacial score (nSPS) is 12.3. The Labute approximate surface area is 260 Å². The summed E-state index contributed by atoms with van der Waals surface area (Å²) < 4.78 is 0. The number of aromatic nitrogens is 2. The molecule has 4 aromatic rings. The Morgan fingerprint density at radius 2 is 1.79 bits per heavy atom. The summed E-state index contributed by atoms with van der Waals surface area (Å²) in [6.07, 6.45) is 9.94. The minimum Gasteiger partial charge on any atom is -0.398 e. The Morgan fingerprint density at radius 3 is 2.44 bits per heavy atom. The molecule has 43 heavy (non-hydrogen) atoms. The highest BCUT2D eigenvalue weighted by molar-refractivity contribution is 7.14. The molecule has 5 heteroatoms. The van der Waals surface area contributed by atoms with Crippen LogP contribution in [-0.4, -0.2) is 16.5 Å². The fraction of sp³-hybridized carbons (Fsp3) is 0.132. The van der Waals surface area contributed by atoms with Crippen molar-refractivity contribution in [1.29, 1.82) is 0 Å². The van der Waals surface area contributed by atoms with E-state index in [0.29, 0.717) is 18.1 Å². The van der Waals surface area contributed by atoms with Crippen molar-refractivity contribution in [3.8, 4) is 0 Å². The summed E-state index contributed by atoms with van der Waals surface area (Å²) in [4.78, 5) is 10.7. The molecule has 2 aromatic carbocycles. The topological polar surface area (TPSA) is 66.7 Å². The highest BCUT2D eigenvalue weighted by Gasteiger charge is 2.18. The lowest BCUT2D eigenvalue weighted by atomic mass is 9.96. The zero-order valence-corrected chi connectivity index (χ0v) is 26.2. The van der Waals surface area contributed by atoms with Gasteiger partial charge in [0.2, 0.25) is 0 Å². The minimum atomic E-state index is 0.642. The standard InChI is InChI=1S/C38H40N4S/c1-8-14-32(36-20-19-35(43-36)25(4)5)37-27(7)41-38(42-37)26(6)33-22-31(17-18-34(33)39)30(10-3)21-28(9-2)23-40-24-29-15-12-11-13-16-29/h8-22,40H,1-2,4,6,23-24,39H2,3,5,7H3,(H,41,42)/b28-21+,30-10+,32-14-. The van der Waals surface area contributed by atoms with Gasteiger partial charge < -0.3 is 16.0 Å². The van der Waals surface area contributed by atoms with Crippen LogP contribution in [0.4, 0.5) is 5.69 Å². The molecule has 2 heterocycles. The van der Waals surface area contributed by atoms with Crippen molar-refractivity contribution in [2.75, 3.05) is 12.3 Å². The van der Waals surface area contributed by atoms with Crippen molar-refractivity contribution in [1.82, 2.24) is 15.3 Å². The van der Waals surface area contributed by atoms with E-state index in [9.17, 15) is 0 Å². The van der Waals surface area contributed by atoms with Gasteiger partial charge >= 0.3 is 0 Å². The van der Waals surface area contributed by atoms with Crippen LogP contribution in [0.3, 0.4) is 0 Å². The molecule has 4 nitrogen and oxygen atoms in total.